The SMILES string of the molecule is CNc1cc(C)ncc1C(=O)NCC1CC2CCC1C2. The highest BCUT2D eigenvalue weighted by molar-refractivity contribution is 5.99. The lowest BCUT2D eigenvalue weighted by atomic mass is 9.89. The Morgan fingerprint density at radius 3 is 2.90 bits per heavy atom. The highest BCUT2D eigenvalue weighted by atomic mass is 16.1. The molecule has 1 aromatic rings. The van der Waals surface area contributed by atoms with Gasteiger partial charge in [-0.15, -0.1) is 0 Å². The number of aromatic nitrogens is 1. The average molecular weight is 273 g/mol. The van der Waals surface area contributed by atoms with Gasteiger partial charge in [0.25, 0.3) is 5.91 Å². The van der Waals surface area contributed by atoms with E-state index in [0.717, 1.165) is 29.8 Å². The Morgan fingerprint density at radius 1 is 1.40 bits per heavy atom. The van der Waals surface area contributed by atoms with Gasteiger partial charge in [0, 0.05) is 25.5 Å². The van der Waals surface area contributed by atoms with Crippen molar-refractivity contribution in [2.45, 2.75) is 32.6 Å². The van der Waals surface area contributed by atoms with Gasteiger partial charge in [0.15, 0.2) is 0 Å². The van der Waals surface area contributed by atoms with Crippen molar-refractivity contribution in [2.75, 3.05) is 18.9 Å². The molecular weight excluding hydrogens is 250 g/mol. The molecular formula is C16H23N3O. The number of fused-ring (bicyclic) bond motifs is 2. The van der Waals surface area contributed by atoms with Gasteiger partial charge < -0.3 is 10.6 Å². The van der Waals surface area contributed by atoms with Gasteiger partial charge in [-0.3, -0.25) is 9.78 Å². The number of carbonyl (C=O) groups excluding carboxylic acids is 1. The molecule has 1 aromatic heterocycles. The number of anilines is 1. The Hall–Kier alpha value is -1.58. The van der Waals surface area contributed by atoms with Crippen LogP contribution in [0.4, 0.5) is 5.69 Å². The van der Waals surface area contributed by atoms with E-state index in [2.05, 4.69) is 15.6 Å². The minimum Gasteiger partial charge on any atom is -0.387 e. The number of amides is 1. The molecule has 2 bridgehead atoms. The lowest BCUT2D eigenvalue weighted by Gasteiger charge is -2.22. The Kier molecular flexibility index (Phi) is 3.64. The predicted molar refractivity (Wildman–Crippen MR) is 79.8 cm³/mol. The monoisotopic (exact) mass is 273 g/mol. The highest BCUT2D eigenvalue weighted by Crippen LogP contribution is 2.47. The fourth-order valence-electron chi connectivity index (χ4n) is 3.89. The van der Waals surface area contributed by atoms with Crippen molar-refractivity contribution in [1.82, 2.24) is 10.3 Å². The largest absolute Gasteiger partial charge is 0.387 e. The minimum absolute atomic E-state index is 0.00961. The van der Waals surface area contributed by atoms with Crippen LogP contribution in [0, 0.1) is 24.7 Å². The summed E-state index contributed by atoms with van der Waals surface area (Å²) in [6.45, 7) is 2.74. The Morgan fingerprint density at radius 2 is 2.25 bits per heavy atom. The molecule has 3 atom stereocenters. The van der Waals surface area contributed by atoms with E-state index in [1.807, 2.05) is 20.0 Å². The standard InChI is InChI=1S/C16H23N3O/c1-10-5-15(17-2)14(9-18-10)16(20)19-8-13-7-11-3-4-12(13)6-11/h5,9,11-13H,3-4,6-8H2,1-2H3,(H,17,18)(H,19,20). The van der Waals surface area contributed by atoms with Crippen molar-refractivity contribution in [1.29, 1.82) is 0 Å². The fourth-order valence-corrected chi connectivity index (χ4v) is 3.89. The molecule has 1 amide bonds. The molecule has 1 heterocycles. The molecule has 20 heavy (non-hydrogen) atoms. The van der Waals surface area contributed by atoms with Gasteiger partial charge in [-0.1, -0.05) is 6.42 Å². The number of aryl methyl sites for hydroxylation is 1. The van der Waals surface area contributed by atoms with E-state index in [-0.39, 0.29) is 5.91 Å². The van der Waals surface area contributed by atoms with Crippen molar-refractivity contribution in [3.63, 3.8) is 0 Å². The molecule has 2 fully saturated rings. The van der Waals surface area contributed by atoms with E-state index < -0.39 is 0 Å². The zero-order chi connectivity index (χ0) is 14.1. The number of hydrogen-bond donors (Lipinski definition) is 2. The van der Waals surface area contributed by atoms with Gasteiger partial charge in [-0.2, -0.15) is 0 Å². The van der Waals surface area contributed by atoms with Crippen molar-refractivity contribution < 1.29 is 4.79 Å². The molecule has 4 nitrogen and oxygen atoms in total. The Bertz CT molecular complexity index is 514. The first-order valence-electron chi connectivity index (χ1n) is 7.60. The topological polar surface area (TPSA) is 54.0 Å². The van der Waals surface area contributed by atoms with Crippen LogP contribution in [-0.2, 0) is 0 Å². The zero-order valence-corrected chi connectivity index (χ0v) is 12.3. The van der Waals surface area contributed by atoms with Gasteiger partial charge >= 0.3 is 0 Å². The third-order valence-electron chi connectivity index (χ3n) is 4.96. The van der Waals surface area contributed by atoms with Crippen LogP contribution in [0.25, 0.3) is 0 Å². The van der Waals surface area contributed by atoms with Crippen LogP contribution >= 0.6 is 0 Å². The van der Waals surface area contributed by atoms with Crippen LogP contribution in [0.5, 0.6) is 0 Å². The third kappa shape index (κ3) is 2.51. The highest BCUT2D eigenvalue weighted by Gasteiger charge is 2.39. The maximum atomic E-state index is 12.3. The van der Waals surface area contributed by atoms with Gasteiger partial charge in [0.2, 0.25) is 0 Å². The van der Waals surface area contributed by atoms with Crippen molar-refractivity contribution >= 4 is 11.6 Å². The summed E-state index contributed by atoms with van der Waals surface area (Å²) in [4.78, 5) is 16.5. The summed E-state index contributed by atoms with van der Waals surface area (Å²) in [5.74, 6) is 2.45. The first kappa shape index (κ1) is 13.4. The first-order chi connectivity index (χ1) is 9.67. The summed E-state index contributed by atoms with van der Waals surface area (Å²) < 4.78 is 0. The smallest absolute Gasteiger partial charge is 0.254 e. The molecule has 2 N–H and O–H groups in total. The molecule has 3 rings (SSSR count). The second-order valence-electron chi connectivity index (χ2n) is 6.27. The van der Waals surface area contributed by atoms with Crippen molar-refractivity contribution in [3.05, 3.63) is 23.5 Å². The summed E-state index contributed by atoms with van der Waals surface area (Å²) in [5.41, 5.74) is 2.41. The second kappa shape index (κ2) is 5.43. The summed E-state index contributed by atoms with van der Waals surface area (Å²) in [5, 5.41) is 6.17. The number of hydrogen-bond acceptors (Lipinski definition) is 3. The lowest BCUT2D eigenvalue weighted by Crippen LogP contribution is -2.32. The fraction of sp³-hybridized carbons (Fsp3) is 0.625. The van der Waals surface area contributed by atoms with Gasteiger partial charge in [0.1, 0.15) is 0 Å². The Balaban J connectivity index is 1.62. The summed E-state index contributed by atoms with van der Waals surface area (Å²) in [6.07, 6.45) is 7.11. The summed E-state index contributed by atoms with van der Waals surface area (Å²) >= 11 is 0. The molecule has 2 aliphatic rings. The number of rotatable bonds is 4. The van der Waals surface area contributed by atoms with Gasteiger partial charge in [-0.05, 0) is 50.0 Å². The molecule has 0 aliphatic heterocycles. The van der Waals surface area contributed by atoms with E-state index in [4.69, 9.17) is 0 Å². The normalized spacial score (nSPS) is 27.6. The first-order valence-corrected chi connectivity index (χ1v) is 7.60. The molecule has 2 saturated carbocycles. The minimum atomic E-state index is -0.00961. The molecule has 108 valence electrons. The quantitative estimate of drug-likeness (QED) is 0.886. The van der Waals surface area contributed by atoms with E-state index in [1.54, 1.807) is 6.20 Å². The molecule has 0 spiro atoms. The van der Waals surface area contributed by atoms with Gasteiger partial charge in [-0.25, -0.2) is 0 Å². The molecule has 3 unspecified atom stereocenters. The third-order valence-corrected chi connectivity index (χ3v) is 4.96. The zero-order valence-electron chi connectivity index (χ0n) is 12.3. The van der Waals surface area contributed by atoms with Crippen LogP contribution < -0.4 is 10.6 Å². The number of nitrogens with zero attached hydrogens (tertiary/aromatic N) is 1. The molecule has 2 aliphatic carbocycles. The van der Waals surface area contributed by atoms with Crippen LogP contribution in [0.1, 0.15) is 41.7 Å². The predicted octanol–water partition coefficient (Wildman–Crippen LogP) is 2.60. The number of nitrogens with one attached hydrogen (secondary N) is 2. The van der Waals surface area contributed by atoms with E-state index in [0.29, 0.717) is 11.5 Å². The van der Waals surface area contributed by atoms with Crippen molar-refractivity contribution in [2.24, 2.45) is 17.8 Å². The molecule has 0 saturated heterocycles. The van der Waals surface area contributed by atoms with Crippen molar-refractivity contribution in [3.8, 4) is 0 Å². The molecule has 4 heteroatoms. The van der Waals surface area contributed by atoms with Crippen LogP contribution in [0.3, 0.4) is 0 Å². The van der Waals surface area contributed by atoms with E-state index >= 15 is 0 Å². The average Bonchev–Trinajstić information content (AvgIpc) is 3.07. The maximum Gasteiger partial charge on any atom is 0.254 e. The molecule has 0 radical (unpaired) electrons. The number of pyridine rings is 1. The second-order valence-corrected chi connectivity index (χ2v) is 6.27. The summed E-state index contributed by atoms with van der Waals surface area (Å²) in [7, 11) is 1.83. The van der Waals surface area contributed by atoms with Crippen LogP contribution in [0.15, 0.2) is 12.3 Å². The Labute approximate surface area is 120 Å². The number of carbonyl (C=O) groups is 1. The molecule has 0 aromatic carbocycles. The lowest BCUT2D eigenvalue weighted by molar-refractivity contribution is 0.0942. The van der Waals surface area contributed by atoms with Crippen LogP contribution in [-0.4, -0.2) is 24.5 Å². The summed E-state index contributed by atoms with van der Waals surface area (Å²) in [6, 6.07) is 1.91. The van der Waals surface area contributed by atoms with Gasteiger partial charge in [0.05, 0.1) is 11.3 Å². The maximum absolute atomic E-state index is 12.3. The van der Waals surface area contributed by atoms with Crippen LogP contribution in [0.2, 0.25) is 0 Å². The van der Waals surface area contributed by atoms with E-state index in [9.17, 15) is 4.79 Å². The van der Waals surface area contributed by atoms with E-state index in [1.165, 1.54) is 25.7 Å².